The average molecular weight is 375 g/mol. The molecule has 2 aromatic carbocycles. The Kier molecular flexibility index (Phi) is 4.61. The number of pyridine rings is 1. The van der Waals surface area contributed by atoms with Crippen LogP contribution < -0.4 is 10.5 Å². The van der Waals surface area contributed by atoms with Crippen molar-refractivity contribution >= 4 is 11.7 Å². The van der Waals surface area contributed by atoms with Crippen LogP contribution in [-0.2, 0) is 6.54 Å². The Hall–Kier alpha value is -3.54. The molecule has 0 aliphatic carbocycles. The molecule has 0 bridgehead atoms. The molecule has 6 heteroatoms. The predicted octanol–water partition coefficient (Wildman–Crippen LogP) is 3.38. The van der Waals surface area contributed by atoms with Gasteiger partial charge in [-0.1, -0.05) is 24.3 Å². The second-order valence-corrected chi connectivity index (χ2v) is 6.84. The van der Waals surface area contributed by atoms with E-state index in [2.05, 4.69) is 4.98 Å². The summed E-state index contributed by atoms with van der Waals surface area (Å²) < 4.78 is 5.76. The number of nitrogen functional groups attached to an aromatic ring is 1. The number of aromatic hydroxyl groups is 1. The molecule has 3 aromatic rings. The SMILES string of the molecule is Cc1ccccc1-c1cc(O)c2c(c1)CN(C(=O)c1ccnc(N)c1)CCO2. The van der Waals surface area contributed by atoms with Crippen LogP contribution in [0.4, 0.5) is 5.82 Å². The van der Waals surface area contributed by atoms with Crippen molar-refractivity contribution < 1.29 is 14.6 Å². The lowest BCUT2D eigenvalue weighted by molar-refractivity contribution is 0.0733. The largest absolute Gasteiger partial charge is 0.504 e. The summed E-state index contributed by atoms with van der Waals surface area (Å²) in [6, 6.07) is 14.9. The highest BCUT2D eigenvalue weighted by Crippen LogP contribution is 2.38. The summed E-state index contributed by atoms with van der Waals surface area (Å²) in [6.07, 6.45) is 1.52. The van der Waals surface area contributed by atoms with Crippen LogP contribution in [0.5, 0.6) is 11.5 Å². The van der Waals surface area contributed by atoms with Crippen LogP contribution in [0.15, 0.2) is 54.7 Å². The zero-order chi connectivity index (χ0) is 19.7. The van der Waals surface area contributed by atoms with Crippen LogP contribution in [0.25, 0.3) is 11.1 Å². The first-order valence-corrected chi connectivity index (χ1v) is 9.08. The third kappa shape index (κ3) is 3.36. The second-order valence-electron chi connectivity index (χ2n) is 6.84. The molecule has 0 fully saturated rings. The Morgan fingerprint density at radius 3 is 2.82 bits per heavy atom. The van der Waals surface area contributed by atoms with Gasteiger partial charge < -0.3 is 20.5 Å². The third-order valence-electron chi connectivity index (χ3n) is 4.89. The van der Waals surface area contributed by atoms with Crippen LogP contribution >= 0.6 is 0 Å². The molecule has 4 rings (SSSR count). The number of phenolic OH excluding ortho intramolecular Hbond substituents is 1. The lowest BCUT2D eigenvalue weighted by atomic mass is 9.97. The van der Waals surface area contributed by atoms with Crippen LogP contribution in [0, 0.1) is 6.92 Å². The van der Waals surface area contributed by atoms with Crippen molar-refractivity contribution in [3.63, 3.8) is 0 Å². The van der Waals surface area contributed by atoms with Crippen molar-refractivity contribution in [2.45, 2.75) is 13.5 Å². The summed E-state index contributed by atoms with van der Waals surface area (Å²) in [5, 5.41) is 10.5. The maximum Gasteiger partial charge on any atom is 0.254 e. The van der Waals surface area contributed by atoms with E-state index in [4.69, 9.17) is 10.5 Å². The molecule has 1 amide bonds. The number of aromatic nitrogens is 1. The van der Waals surface area contributed by atoms with Crippen molar-refractivity contribution in [3.8, 4) is 22.6 Å². The molecule has 1 aromatic heterocycles. The number of ether oxygens (including phenoxy) is 1. The Balaban J connectivity index is 1.71. The van der Waals surface area contributed by atoms with Crippen LogP contribution in [0.3, 0.4) is 0 Å². The van der Waals surface area contributed by atoms with Gasteiger partial charge in [0.15, 0.2) is 11.5 Å². The van der Waals surface area contributed by atoms with E-state index in [-0.39, 0.29) is 11.7 Å². The van der Waals surface area contributed by atoms with Gasteiger partial charge in [0.25, 0.3) is 5.91 Å². The first-order chi connectivity index (χ1) is 13.5. The van der Waals surface area contributed by atoms with Gasteiger partial charge >= 0.3 is 0 Å². The van der Waals surface area contributed by atoms with Crippen molar-refractivity contribution in [1.82, 2.24) is 9.88 Å². The van der Waals surface area contributed by atoms with Crippen molar-refractivity contribution in [2.75, 3.05) is 18.9 Å². The standard InChI is InChI=1S/C22H21N3O3/c1-14-4-2-3-5-18(14)16-10-17-13-25(8-9-28-21(17)19(26)11-16)22(27)15-6-7-24-20(23)12-15/h2-7,10-12,26H,8-9,13H2,1H3,(H2,23,24). The summed E-state index contributed by atoms with van der Waals surface area (Å²) in [7, 11) is 0. The molecule has 6 nitrogen and oxygen atoms in total. The molecule has 0 saturated carbocycles. The van der Waals surface area contributed by atoms with Gasteiger partial charge in [-0.05, 0) is 47.9 Å². The first kappa shape index (κ1) is 17.9. The Morgan fingerprint density at radius 2 is 2.04 bits per heavy atom. The highest BCUT2D eigenvalue weighted by Gasteiger charge is 2.24. The molecule has 142 valence electrons. The topological polar surface area (TPSA) is 88.7 Å². The van der Waals surface area contributed by atoms with E-state index in [0.29, 0.717) is 36.8 Å². The average Bonchev–Trinajstić information content (AvgIpc) is 2.90. The van der Waals surface area contributed by atoms with Crippen LogP contribution in [0.1, 0.15) is 21.5 Å². The number of anilines is 1. The summed E-state index contributed by atoms with van der Waals surface area (Å²) >= 11 is 0. The molecule has 0 atom stereocenters. The molecule has 2 heterocycles. The van der Waals surface area contributed by atoms with E-state index in [9.17, 15) is 9.90 Å². The summed E-state index contributed by atoms with van der Waals surface area (Å²) in [5.41, 5.74) is 9.99. The number of aryl methyl sites for hydroxylation is 1. The van der Waals surface area contributed by atoms with Gasteiger partial charge in [-0.15, -0.1) is 0 Å². The minimum atomic E-state index is -0.147. The fraction of sp³-hybridized carbons (Fsp3) is 0.182. The molecule has 28 heavy (non-hydrogen) atoms. The molecule has 0 spiro atoms. The fourth-order valence-corrected chi connectivity index (χ4v) is 3.49. The number of benzene rings is 2. The summed E-state index contributed by atoms with van der Waals surface area (Å²) in [4.78, 5) is 18.6. The van der Waals surface area contributed by atoms with E-state index >= 15 is 0 Å². The number of carbonyl (C=O) groups is 1. The molecular formula is C22H21N3O3. The lowest BCUT2D eigenvalue weighted by Gasteiger charge is -2.20. The second kappa shape index (κ2) is 7.23. The first-order valence-electron chi connectivity index (χ1n) is 9.08. The van der Waals surface area contributed by atoms with Gasteiger partial charge in [0.05, 0.1) is 6.54 Å². The van der Waals surface area contributed by atoms with Crippen molar-refractivity contribution in [2.24, 2.45) is 0 Å². The molecule has 3 N–H and O–H groups in total. The predicted molar refractivity (Wildman–Crippen MR) is 107 cm³/mol. The zero-order valence-corrected chi connectivity index (χ0v) is 15.6. The smallest absolute Gasteiger partial charge is 0.254 e. The Bertz CT molecular complexity index is 1050. The highest BCUT2D eigenvalue weighted by molar-refractivity contribution is 5.94. The van der Waals surface area contributed by atoms with Gasteiger partial charge in [0, 0.05) is 23.9 Å². The summed E-state index contributed by atoms with van der Waals surface area (Å²) in [5.74, 6) is 0.670. The number of hydrogen-bond donors (Lipinski definition) is 2. The lowest BCUT2D eigenvalue weighted by Crippen LogP contribution is -2.32. The third-order valence-corrected chi connectivity index (χ3v) is 4.89. The van der Waals surface area contributed by atoms with Gasteiger partial charge in [0.2, 0.25) is 0 Å². The van der Waals surface area contributed by atoms with Crippen LogP contribution in [0.2, 0.25) is 0 Å². The minimum Gasteiger partial charge on any atom is -0.504 e. The molecule has 1 aliphatic heterocycles. The number of nitrogens with two attached hydrogens (primary N) is 1. The number of fused-ring (bicyclic) bond motifs is 1. The number of nitrogens with zero attached hydrogens (tertiary/aromatic N) is 2. The maximum absolute atomic E-state index is 12.9. The maximum atomic E-state index is 12.9. The van der Waals surface area contributed by atoms with Crippen LogP contribution in [-0.4, -0.2) is 34.0 Å². The van der Waals surface area contributed by atoms with E-state index in [1.165, 1.54) is 6.20 Å². The number of rotatable bonds is 2. The Labute approximate surface area is 163 Å². The fourth-order valence-electron chi connectivity index (χ4n) is 3.49. The molecular weight excluding hydrogens is 354 g/mol. The number of phenols is 1. The van der Waals surface area contributed by atoms with Crippen molar-refractivity contribution in [1.29, 1.82) is 0 Å². The van der Waals surface area contributed by atoms with Gasteiger partial charge in [-0.2, -0.15) is 0 Å². The monoisotopic (exact) mass is 375 g/mol. The van der Waals surface area contributed by atoms with E-state index < -0.39 is 0 Å². The van der Waals surface area contributed by atoms with Gasteiger partial charge in [0.1, 0.15) is 12.4 Å². The summed E-state index contributed by atoms with van der Waals surface area (Å²) in [6.45, 7) is 3.08. The minimum absolute atomic E-state index is 0.0817. The molecule has 0 radical (unpaired) electrons. The normalized spacial score (nSPS) is 13.4. The van der Waals surface area contributed by atoms with E-state index in [1.807, 2.05) is 37.3 Å². The molecule has 1 aliphatic rings. The number of carbonyl (C=O) groups excluding carboxylic acids is 1. The number of amides is 1. The Morgan fingerprint density at radius 1 is 1.21 bits per heavy atom. The molecule has 0 saturated heterocycles. The van der Waals surface area contributed by atoms with Gasteiger partial charge in [-0.3, -0.25) is 4.79 Å². The highest BCUT2D eigenvalue weighted by atomic mass is 16.5. The van der Waals surface area contributed by atoms with Crippen molar-refractivity contribution in [3.05, 3.63) is 71.4 Å². The molecule has 0 unspecified atom stereocenters. The van der Waals surface area contributed by atoms with Gasteiger partial charge in [-0.25, -0.2) is 4.98 Å². The van der Waals surface area contributed by atoms with E-state index in [1.54, 1.807) is 23.1 Å². The van der Waals surface area contributed by atoms with E-state index in [0.717, 1.165) is 22.3 Å². The quantitative estimate of drug-likeness (QED) is 0.717. The zero-order valence-electron chi connectivity index (χ0n) is 15.6. The number of hydrogen-bond acceptors (Lipinski definition) is 5.